The predicted octanol–water partition coefficient (Wildman–Crippen LogP) is 0.145. The first kappa shape index (κ1) is 12.1. The van der Waals surface area contributed by atoms with Crippen LogP contribution in [0.5, 0.6) is 0 Å². The maximum Gasteiger partial charge on any atom is 0.171 e. The van der Waals surface area contributed by atoms with Gasteiger partial charge in [0.25, 0.3) is 0 Å². The summed E-state index contributed by atoms with van der Waals surface area (Å²) in [6.45, 7) is 4.35. The van der Waals surface area contributed by atoms with Gasteiger partial charge < -0.3 is 5.73 Å². The second kappa shape index (κ2) is 5.18. The van der Waals surface area contributed by atoms with Crippen LogP contribution in [0.2, 0.25) is 0 Å². The number of aromatic nitrogens is 2. The first-order valence-corrected chi connectivity index (χ1v) is 5.90. The van der Waals surface area contributed by atoms with Crippen LogP contribution in [0.25, 0.3) is 0 Å². The summed E-state index contributed by atoms with van der Waals surface area (Å²) >= 11 is 0. The molecule has 1 atom stereocenters. The average Bonchev–Trinajstić information content (AvgIpc) is 2.18. The molecule has 0 bridgehead atoms. The maximum absolute atomic E-state index is 11.0. The third-order valence-electron chi connectivity index (χ3n) is 2.33. The van der Waals surface area contributed by atoms with Gasteiger partial charge in [-0.3, -0.25) is 0 Å². The zero-order valence-electron chi connectivity index (χ0n) is 8.75. The Kier molecular flexibility index (Phi) is 4.16. The zero-order chi connectivity index (χ0) is 11.4. The molecule has 0 aromatic carbocycles. The molecule has 6 heteroatoms. The van der Waals surface area contributed by atoms with Crippen molar-refractivity contribution in [2.75, 3.05) is 6.54 Å². The highest BCUT2D eigenvalue weighted by atomic mass is 32.2. The van der Waals surface area contributed by atoms with Crippen molar-refractivity contribution >= 4 is 10.7 Å². The molecule has 1 unspecified atom stereocenters. The Morgan fingerprint density at radius 2 is 2.13 bits per heavy atom. The number of nitrogens with two attached hydrogens (primary N) is 1. The number of thiol groups is 1. The topological polar surface area (TPSA) is 85.9 Å². The minimum Gasteiger partial charge on any atom is -0.330 e. The number of nitrogens with zero attached hydrogens (tertiary/aromatic N) is 2. The molecular weight excluding hydrogens is 214 g/mol. The highest BCUT2D eigenvalue weighted by Crippen LogP contribution is 2.24. The standard InChI is InChI=1S/C9H15N3O2S/c1-6(2)7(3-10)9-8(15(13)14)4-11-5-12-9/h4-7,15H,3,10H2,1-2H3. The van der Waals surface area contributed by atoms with Gasteiger partial charge in [-0.15, -0.1) is 0 Å². The van der Waals surface area contributed by atoms with E-state index in [2.05, 4.69) is 9.97 Å². The fourth-order valence-electron chi connectivity index (χ4n) is 1.46. The molecule has 0 radical (unpaired) electrons. The fraction of sp³-hybridized carbons (Fsp3) is 0.556. The van der Waals surface area contributed by atoms with E-state index in [0.717, 1.165) is 0 Å². The van der Waals surface area contributed by atoms with Gasteiger partial charge in [-0.1, -0.05) is 13.8 Å². The molecule has 0 aliphatic rings. The van der Waals surface area contributed by atoms with E-state index in [1.807, 2.05) is 13.8 Å². The van der Waals surface area contributed by atoms with E-state index in [0.29, 0.717) is 12.2 Å². The van der Waals surface area contributed by atoms with E-state index < -0.39 is 10.7 Å². The number of rotatable bonds is 4. The summed E-state index contributed by atoms with van der Waals surface area (Å²) < 4.78 is 22.0. The summed E-state index contributed by atoms with van der Waals surface area (Å²) in [6.07, 6.45) is 2.67. The molecule has 1 heterocycles. The molecular formula is C9H15N3O2S. The number of hydrogen-bond donors (Lipinski definition) is 2. The first-order valence-electron chi connectivity index (χ1n) is 4.72. The van der Waals surface area contributed by atoms with E-state index in [4.69, 9.17) is 5.73 Å². The van der Waals surface area contributed by atoms with Crippen molar-refractivity contribution in [1.29, 1.82) is 0 Å². The van der Waals surface area contributed by atoms with Gasteiger partial charge in [-0.2, -0.15) is 0 Å². The second-order valence-electron chi connectivity index (χ2n) is 3.64. The fourth-order valence-corrected chi connectivity index (χ4v) is 2.03. The lowest BCUT2D eigenvalue weighted by atomic mass is 9.92. The molecule has 0 aliphatic carbocycles. The van der Waals surface area contributed by atoms with E-state index in [9.17, 15) is 8.42 Å². The average molecular weight is 229 g/mol. The van der Waals surface area contributed by atoms with Gasteiger partial charge in [-0.05, 0) is 5.92 Å². The van der Waals surface area contributed by atoms with Crippen LogP contribution in [0.15, 0.2) is 17.4 Å². The van der Waals surface area contributed by atoms with Crippen LogP contribution in [-0.4, -0.2) is 24.9 Å². The predicted molar refractivity (Wildman–Crippen MR) is 57.2 cm³/mol. The Morgan fingerprint density at radius 3 is 2.60 bits per heavy atom. The molecule has 0 amide bonds. The van der Waals surface area contributed by atoms with Crippen LogP contribution in [-0.2, 0) is 10.7 Å². The van der Waals surface area contributed by atoms with Gasteiger partial charge in [0.15, 0.2) is 10.7 Å². The maximum atomic E-state index is 11.0. The van der Waals surface area contributed by atoms with Crippen molar-refractivity contribution in [2.24, 2.45) is 11.7 Å². The van der Waals surface area contributed by atoms with Crippen molar-refractivity contribution < 1.29 is 8.42 Å². The summed E-state index contributed by atoms with van der Waals surface area (Å²) in [6, 6.07) is 0. The first-order chi connectivity index (χ1) is 7.07. The van der Waals surface area contributed by atoms with Crippen LogP contribution in [0, 0.1) is 5.92 Å². The van der Waals surface area contributed by atoms with Crippen LogP contribution in [0.3, 0.4) is 0 Å². The van der Waals surface area contributed by atoms with Crippen molar-refractivity contribution in [3.63, 3.8) is 0 Å². The molecule has 0 saturated heterocycles. The van der Waals surface area contributed by atoms with Crippen molar-refractivity contribution in [3.05, 3.63) is 18.2 Å². The molecule has 2 N–H and O–H groups in total. The quantitative estimate of drug-likeness (QED) is 0.717. The monoisotopic (exact) mass is 229 g/mol. The molecule has 84 valence electrons. The lowest BCUT2D eigenvalue weighted by Crippen LogP contribution is -2.20. The van der Waals surface area contributed by atoms with Gasteiger partial charge in [0, 0.05) is 18.7 Å². The van der Waals surface area contributed by atoms with Crippen molar-refractivity contribution in [3.8, 4) is 0 Å². The third-order valence-corrected chi connectivity index (χ3v) is 3.07. The summed E-state index contributed by atoms with van der Waals surface area (Å²) in [5, 5.41) is 0. The Labute approximate surface area is 90.7 Å². The molecule has 15 heavy (non-hydrogen) atoms. The lowest BCUT2D eigenvalue weighted by Gasteiger charge is -2.18. The molecule has 1 aromatic rings. The number of hydrogen-bond acceptors (Lipinski definition) is 5. The molecule has 5 nitrogen and oxygen atoms in total. The van der Waals surface area contributed by atoms with Gasteiger partial charge in [0.2, 0.25) is 0 Å². The van der Waals surface area contributed by atoms with Gasteiger partial charge in [0.05, 0.1) is 5.69 Å². The largest absolute Gasteiger partial charge is 0.330 e. The Balaban J connectivity index is 3.22. The summed E-state index contributed by atoms with van der Waals surface area (Å²) in [7, 11) is -2.66. The van der Waals surface area contributed by atoms with E-state index in [1.54, 1.807) is 0 Å². The second-order valence-corrected chi connectivity index (χ2v) is 4.63. The third kappa shape index (κ3) is 2.73. The van der Waals surface area contributed by atoms with Crippen LogP contribution in [0.1, 0.15) is 25.5 Å². The van der Waals surface area contributed by atoms with Crippen molar-refractivity contribution in [2.45, 2.75) is 24.7 Å². The Bertz CT molecular complexity index is 396. The minimum absolute atomic E-state index is 0.0455. The van der Waals surface area contributed by atoms with E-state index in [1.165, 1.54) is 12.5 Å². The summed E-state index contributed by atoms with van der Waals surface area (Å²) in [5.41, 5.74) is 6.14. The van der Waals surface area contributed by atoms with Crippen LogP contribution in [0.4, 0.5) is 0 Å². The SMILES string of the molecule is CC(C)C(CN)c1ncncc1[SH](=O)=O. The van der Waals surface area contributed by atoms with E-state index in [-0.39, 0.29) is 16.7 Å². The van der Waals surface area contributed by atoms with Gasteiger partial charge in [0.1, 0.15) is 11.2 Å². The molecule has 0 spiro atoms. The van der Waals surface area contributed by atoms with Crippen LogP contribution < -0.4 is 5.73 Å². The lowest BCUT2D eigenvalue weighted by molar-refractivity contribution is 0.485. The minimum atomic E-state index is -2.66. The summed E-state index contributed by atoms with van der Waals surface area (Å²) in [4.78, 5) is 7.90. The highest BCUT2D eigenvalue weighted by Gasteiger charge is 2.20. The summed E-state index contributed by atoms with van der Waals surface area (Å²) in [5.74, 6) is 0.203. The Morgan fingerprint density at radius 1 is 1.47 bits per heavy atom. The molecule has 0 aliphatic heterocycles. The zero-order valence-corrected chi connectivity index (χ0v) is 9.65. The van der Waals surface area contributed by atoms with Gasteiger partial charge in [-0.25, -0.2) is 18.4 Å². The Hall–Kier alpha value is -1.01. The molecule has 1 aromatic heterocycles. The molecule has 0 fully saturated rings. The highest BCUT2D eigenvalue weighted by molar-refractivity contribution is 7.72. The molecule has 0 saturated carbocycles. The smallest absolute Gasteiger partial charge is 0.171 e. The van der Waals surface area contributed by atoms with E-state index >= 15 is 0 Å². The van der Waals surface area contributed by atoms with Crippen LogP contribution >= 0.6 is 0 Å². The molecule has 1 rings (SSSR count). The van der Waals surface area contributed by atoms with Crippen molar-refractivity contribution in [1.82, 2.24) is 9.97 Å². The van der Waals surface area contributed by atoms with Gasteiger partial charge >= 0.3 is 0 Å². The normalized spacial score (nSPS) is 13.4.